The molecule has 0 bridgehead atoms. The molecule has 1 aromatic carbocycles. The first-order chi connectivity index (χ1) is 9.00. The normalized spacial score (nSPS) is 10.6. The number of aromatic nitrogens is 1. The lowest BCUT2D eigenvalue weighted by atomic mass is 10.0. The Morgan fingerprint density at radius 2 is 2.00 bits per heavy atom. The lowest BCUT2D eigenvalue weighted by molar-refractivity contribution is 0.0693. The van der Waals surface area contributed by atoms with Crippen LogP contribution in [0, 0.1) is 6.92 Å². The number of rotatable bonds is 4. The van der Waals surface area contributed by atoms with Gasteiger partial charge in [-0.1, -0.05) is 24.3 Å². The highest BCUT2D eigenvalue weighted by Gasteiger charge is 2.21. The Labute approximate surface area is 110 Å². The summed E-state index contributed by atoms with van der Waals surface area (Å²) < 4.78 is 6.05. The lowest BCUT2D eigenvalue weighted by Crippen LogP contribution is -2.12. The molecule has 2 aromatic rings. The number of hydrogen-bond donors (Lipinski definition) is 1. The molecule has 0 radical (unpaired) electrons. The molecule has 0 saturated carbocycles. The van der Waals surface area contributed by atoms with Gasteiger partial charge in [0.05, 0.1) is 5.69 Å². The highest BCUT2D eigenvalue weighted by Crippen LogP contribution is 2.13. The molecule has 2 rings (SSSR count). The van der Waals surface area contributed by atoms with Crippen LogP contribution in [0.4, 0.5) is 0 Å². The largest absolute Gasteiger partial charge is 0.477 e. The van der Waals surface area contributed by atoms with Crippen molar-refractivity contribution in [3.8, 4) is 0 Å². The molecule has 19 heavy (non-hydrogen) atoms. The van der Waals surface area contributed by atoms with Crippen molar-refractivity contribution in [3.63, 3.8) is 0 Å². The van der Waals surface area contributed by atoms with Crippen LogP contribution in [0.2, 0.25) is 0 Å². The summed E-state index contributed by atoms with van der Waals surface area (Å²) in [7, 11) is 1.54. The Hall–Kier alpha value is -2.30. The van der Waals surface area contributed by atoms with Crippen molar-refractivity contribution in [1.82, 2.24) is 4.74 Å². The molecule has 0 atom stereocenters. The van der Waals surface area contributed by atoms with Crippen molar-refractivity contribution < 1.29 is 14.4 Å². The highest BCUT2D eigenvalue weighted by atomic mass is 16.5. The Bertz CT molecular complexity index is 666. The molecular weight excluding hydrogens is 246 g/mol. The van der Waals surface area contributed by atoms with Crippen LogP contribution in [0.15, 0.2) is 33.6 Å². The van der Waals surface area contributed by atoms with E-state index in [2.05, 4.69) is 0 Å². The number of benzene rings is 1. The average molecular weight is 261 g/mol. The maximum absolute atomic E-state index is 11.4. The molecule has 1 N–H and O–H groups in total. The SMILES string of the molecule is Cc1ccccc1CCc1c(C(=O)O)c(=O)on1C. The van der Waals surface area contributed by atoms with Crippen LogP contribution in [0.25, 0.3) is 0 Å². The summed E-state index contributed by atoms with van der Waals surface area (Å²) in [6.07, 6.45) is 1.12. The highest BCUT2D eigenvalue weighted by molar-refractivity contribution is 5.88. The molecule has 0 saturated heterocycles. The van der Waals surface area contributed by atoms with E-state index >= 15 is 0 Å². The number of nitrogens with zero attached hydrogens (tertiary/aromatic N) is 1. The van der Waals surface area contributed by atoms with Gasteiger partial charge in [-0.2, -0.15) is 0 Å². The number of carboxylic acids is 1. The van der Waals surface area contributed by atoms with Gasteiger partial charge in [0.15, 0.2) is 5.56 Å². The van der Waals surface area contributed by atoms with Crippen molar-refractivity contribution in [1.29, 1.82) is 0 Å². The van der Waals surface area contributed by atoms with Crippen LogP contribution in [0.5, 0.6) is 0 Å². The van der Waals surface area contributed by atoms with Gasteiger partial charge in [-0.15, -0.1) is 0 Å². The third-order valence-electron chi connectivity index (χ3n) is 3.20. The van der Waals surface area contributed by atoms with E-state index < -0.39 is 11.6 Å². The number of carboxylic acid groups (broad SMARTS) is 1. The van der Waals surface area contributed by atoms with E-state index in [1.807, 2.05) is 31.2 Å². The van der Waals surface area contributed by atoms with Crippen LogP contribution in [0.3, 0.4) is 0 Å². The van der Waals surface area contributed by atoms with Crippen molar-refractivity contribution in [2.75, 3.05) is 0 Å². The second kappa shape index (κ2) is 5.14. The summed E-state index contributed by atoms with van der Waals surface area (Å²) in [6.45, 7) is 2.00. The molecule has 0 unspecified atom stereocenters. The second-order valence-electron chi connectivity index (χ2n) is 4.43. The summed E-state index contributed by atoms with van der Waals surface area (Å²) in [6, 6.07) is 7.89. The van der Waals surface area contributed by atoms with Gasteiger partial charge < -0.3 is 9.63 Å². The zero-order valence-electron chi connectivity index (χ0n) is 10.8. The second-order valence-corrected chi connectivity index (χ2v) is 4.43. The van der Waals surface area contributed by atoms with Crippen LogP contribution >= 0.6 is 0 Å². The maximum Gasteiger partial charge on any atom is 0.372 e. The third-order valence-corrected chi connectivity index (χ3v) is 3.20. The van der Waals surface area contributed by atoms with Crippen LogP contribution < -0.4 is 5.63 Å². The average Bonchev–Trinajstić information content (AvgIpc) is 2.63. The minimum absolute atomic E-state index is 0.268. The zero-order valence-corrected chi connectivity index (χ0v) is 10.8. The van der Waals surface area contributed by atoms with E-state index in [1.54, 1.807) is 7.05 Å². The molecule has 0 aliphatic carbocycles. The van der Waals surface area contributed by atoms with Crippen LogP contribution in [-0.4, -0.2) is 15.8 Å². The Morgan fingerprint density at radius 1 is 1.32 bits per heavy atom. The van der Waals surface area contributed by atoms with Gasteiger partial charge >= 0.3 is 11.6 Å². The van der Waals surface area contributed by atoms with Crippen LogP contribution in [0.1, 0.15) is 27.2 Å². The summed E-state index contributed by atoms with van der Waals surface area (Å²) in [5, 5.41) is 9.04. The molecule has 0 aliphatic heterocycles. The summed E-state index contributed by atoms with van der Waals surface area (Å²) in [5.41, 5.74) is 1.63. The topological polar surface area (TPSA) is 72.4 Å². The summed E-state index contributed by atoms with van der Waals surface area (Å²) in [5.74, 6) is -1.24. The summed E-state index contributed by atoms with van der Waals surface area (Å²) in [4.78, 5) is 22.5. The third kappa shape index (κ3) is 2.59. The molecule has 0 spiro atoms. The first-order valence-electron chi connectivity index (χ1n) is 5.97. The number of hydrogen-bond acceptors (Lipinski definition) is 3. The van der Waals surface area contributed by atoms with Gasteiger partial charge in [0.25, 0.3) is 0 Å². The lowest BCUT2D eigenvalue weighted by Gasteiger charge is -2.06. The van der Waals surface area contributed by atoms with Crippen molar-refractivity contribution in [3.05, 3.63) is 57.1 Å². The Balaban J connectivity index is 2.28. The van der Waals surface area contributed by atoms with Crippen molar-refractivity contribution in [2.24, 2.45) is 7.05 Å². The molecule has 0 fully saturated rings. The predicted octanol–water partition coefficient (Wildman–Crippen LogP) is 1.77. The molecular formula is C14H15NO4. The minimum Gasteiger partial charge on any atom is -0.477 e. The maximum atomic E-state index is 11.4. The van der Waals surface area contributed by atoms with Gasteiger partial charge in [0.2, 0.25) is 0 Å². The van der Waals surface area contributed by atoms with Gasteiger partial charge in [-0.05, 0) is 30.9 Å². The minimum atomic E-state index is -1.24. The fourth-order valence-electron chi connectivity index (χ4n) is 2.14. The molecule has 1 aromatic heterocycles. The molecule has 1 heterocycles. The van der Waals surface area contributed by atoms with Gasteiger partial charge in [0, 0.05) is 7.05 Å². The molecule has 0 amide bonds. The van der Waals surface area contributed by atoms with E-state index in [0.29, 0.717) is 18.5 Å². The monoisotopic (exact) mass is 261 g/mol. The number of aromatic carboxylic acids is 1. The quantitative estimate of drug-likeness (QED) is 0.910. The van der Waals surface area contributed by atoms with E-state index in [0.717, 1.165) is 11.1 Å². The standard InChI is InChI=1S/C14H15NO4/c1-9-5-3-4-6-10(9)7-8-11-12(13(16)17)14(18)19-15(11)2/h3-6H,7-8H2,1-2H3,(H,16,17). The van der Waals surface area contributed by atoms with Gasteiger partial charge in [0.1, 0.15) is 0 Å². The van der Waals surface area contributed by atoms with Gasteiger partial charge in [-0.25, -0.2) is 14.3 Å². The van der Waals surface area contributed by atoms with Gasteiger partial charge in [-0.3, -0.25) is 0 Å². The van der Waals surface area contributed by atoms with E-state index in [4.69, 9.17) is 9.63 Å². The summed E-state index contributed by atoms with van der Waals surface area (Å²) >= 11 is 0. The van der Waals surface area contributed by atoms with E-state index in [-0.39, 0.29) is 5.56 Å². The Kier molecular flexibility index (Phi) is 3.55. The smallest absolute Gasteiger partial charge is 0.372 e. The molecule has 5 heteroatoms. The molecule has 100 valence electrons. The fourth-order valence-corrected chi connectivity index (χ4v) is 2.14. The van der Waals surface area contributed by atoms with E-state index in [9.17, 15) is 9.59 Å². The first kappa shape index (κ1) is 13.1. The molecule has 5 nitrogen and oxygen atoms in total. The van der Waals surface area contributed by atoms with E-state index in [1.165, 1.54) is 4.74 Å². The Morgan fingerprint density at radius 3 is 2.63 bits per heavy atom. The van der Waals surface area contributed by atoms with Crippen molar-refractivity contribution in [2.45, 2.75) is 19.8 Å². The van der Waals surface area contributed by atoms with Crippen molar-refractivity contribution >= 4 is 5.97 Å². The number of aryl methyl sites for hydroxylation is 3. The predicted molar refractivity (Wildman–Crippen MR) is 69.5 cm³/mol. The molecule has 0 aliphatic rings. The number of carbonyl (C=O) groups is 1. The first-order valence-corrected chi connectivity index (χ1v) is 5.97. The zero-order chi connectivity index (χ0) is 14.0. The fraction of sp³-hybridized carbons (Fsp3) is 0.286. The van der Waals surface area contributed by atoms with Crippen LogP contribution in [-0.2, 0) is 19.9 Å².